The average Bonchev–Trinajstić information content (AvgIpc) is 2.86. The molecule has 0 saturated heterocycles. The molecule has 3 aromatic rings. The highest BCUT2D eigenvalue weighted by atomic mass is 32.2. The maximum atomic E-state index is 12.8. The highest BCUT2D eigenvalue weighted by molar-refractivity contribution is 7.89. The van der Waals surface area contributed by atoms with E-state index < -0.39 is 28.4 Å². The molecule has 0 spiro atoms. The molecule has 1 amide bonds. The first-order valence-corrected chi connectivity index (χ1v) is 12.5. The highest BCUT2D eigenvalue weighted by Crippen LogP contribution is 2.24. The summed E-state index contributed by atoms with van der Waals surface area (Å²) in [5, 5.41) is 2.75. The number of hydrogen-bond acceptors (Lipinski definition) is 6. The van der Waals surface area contributed by atoms with Crippen LogP contribution in [0.3, 0.4) is 0 Å². The van der Waals surface area contributed by atoms with Crippen molar-refractivity contribution in [2.24, 2.45) is 0 Å². The molecule has 1 heterocycles. The van der Waals surface area contributed by atoms with Crippen LogP contribution in [-0.2, 0) is 32.5 Å². The van der Waals surface area contributed by atoms with E-state index in [0.717, 1.165) is 11.1 Å². The fourth-order valence-electron chi connectivity index (χ4n) is 3.72. The lowest BCUT2D eigenvalue weighted by molar-refractivity contribution is -0.116. The van der Waals surface area contributed by atoms with Gasteiger partial charge < -0.3 is 10.1 Å². The van der Waals surface area contributed by atoms with Crippen molar-refractivity contribution >= 4 is 33.4 Å². The first-order valence-electron chi connectivity index (χ1n) is 11.0. The van der Waals surface area contributed by atoms with E-state index >= 15 is 0 Å². The molecule has 0 fully saturated rings. The number of amides is 1. The van der Waals surface area contributed by atoms with Crippen molar-refractivity contribution in [2.45, 2.75) is 31.2 Å². The third-order valence-electron chi connectivity index (χ3n) is 5.68. The van der Waals surface area contributed by atoms with E-state index in [4.69, 9.17) is 4.74 Å². The number of nitrogens with one attached hydrogen (secondary N) is 2. The molecular weight excluding hydrogens is 468 g/mol. The lowest BCUT2D eigenvalue weighted by atomic mass is 9.99. The Morgan fingerprint density at radius 1 is 0.971 bits per heavy atom. The molecule has 0 unspecified atom stereocenters. The van der Waals surface area contributed by atoms with Crippen LogP contribution in [0.25, 0.3) is 0 Å². The van der Waals surface area contributed by atoms with Crippen LogP contribution in [0.15, 0.2) is 71.6 Å². The fraction of sp³-hybridized carbons (Fsp3) is 0.192. The minimum atomic E-state index is -3.89. The quantitative estimate of drug-likeness (QED) is 0.368. The molecule has 9 heteroatoms. The summed E-state index contributed by atoms with van der Waals surface area (Å²) in [6.45, 7) is 1.25. The van der Waals surface area contributed by atoms with Crippen molar-refractivity contribution in [1.82, 2.24) is 4.72 Å². The van der Waals surface area contributed by atoms with Crippen LogP contribution in [-0.4, -0.2) is 32.7 Å². The number of carbonyl (C=O) groups is 3. The molecule has 4 rings (SSSR count). The van der Waals surface area contributed by atoms with E-state index in [9.17, 15) is 22.8 Å². The van der Waals surface area contributed by atoms with Crippen molar-refractivity contribution in [2.75, 3.05) is 11.9 Å². The molecule has 8 nitrogen and oxygen atoms in total. The largest absolute Gasteiger partial charge is 0.454 e. The summed E-state index contributed by atoms with van der Waals surface area (Å²) in [5.74, 6) is -1.27. The van der Waals surface area contributed by atoms with E-state index in [-0.39, 0.29) is 22.9 Å². The molecule has 0 radical (unpaired) electrons. The predicted molar refractivity (Wildman–Crippen MR) is 130 cm³/mol. The van der Waals surface area contributed by atoms with Crippen LogP contribution in [0.5, 0.6) is 0 Å². The normalized spacial score (nSPS) is 13.0. The summed E-state index contributed by atoms with van der Waals surface area (Å²) < 4.78 is 33.4. The zero-order valence-electron chi connectivity index (χ0n) is 19.0. The number of rotatable bonds is 8. The van der Waals surface area contributed by atoms with Crippen molar-refractivity contribution in [3.8, 4) is 0 Å². The number of hydrogen-bond donors (Lipinski definition) is 2. The van der Waals surface area contributed by atoms with E-state index in [0.29, 0.717) is 29.7 Å². The lowest BCUT2D eigenvalue weighted by Crippen LogP contribution is -2.24. The van der Waals surface area contributed by atoms with Gasteiger partial charge in [0.25, 0.3) is 0 Å². The van der Waals surface area contributed by atoms with Crippen molar-refractivity contribution in [3.63, 3.8) is 0 Å². The minimum Gasteiger partial charge on any atom is -0.454 e. The molecule has 3 aromatic carbocycles. The molecule has 0 saturated carbocycles. The third kappa shape index (κ3) is 5.82. The number of ketones is 1. The van der Waals surface area contributed by atoms with Crippen LogP contribution in [0.4, 0.5) is 5.69 Å². The van der Waals surface area contributed by atoms with Gasteiger partial charge in [-0.3, -0.25) is 9.59 Å². The number of anilines is 1. The smallest absolute Gasteiger partial charge is 0.338 e. The standard InChI is InChI=1S/C26H24N2O6S/c1-17-7-8-21(14-24(17)35(32,33)27-15-18-5-3-2-4-6-18)26(31)34-16-23(29)20-9-11-22-19(13-20)10-12-25(30)28-22/h2-9,11,13-14,27H,10,12,15-16H2,1H3,(H,28,30). The van der Waals surface area contributed by atoms with E-state index in [2.05, 4.69) is 10.0 Å². The van der Waals surface area contributed by atoms with Crippen LogP contribution in [0.2, 0.25) is 0 Å². The Morgan fingerprint density at radius 2 is 1.71 bits per heavy atom. The fourth-order valence-corrected chi connectivity index (χ4v) is 5.01. The molecule has 1 aliphatic heterocycles. The van der Waals surface area contributed by atoms with Crippen LogP contribution < -0.4 is 10.0 Å². The number of sulfonamides is 1. The first-order chi connectivity index (χ1) is 16.7. The Morgan fingerprint density at radius 3 is 2.49 bits per heavy atom. The van der Waals surface area contributed by atoms with Gasteiger partial charge in [0.15, 0.2) is 12.4 Å². The summed E-state index contributed by atoms with van der Waals surface area (Å²) in [6.07, 6.45) is 0.875. The zero-order chi connectivity index (χ0) is 25.0. The van der Waals surface area contributed by atoms with Gasteiger partial charge in [-0.05, 0) is 60.4 Å². The number of aryl methyl sites for hydroxylation is 2. The average molecular weight is 493 g/mol. The Kier molecular flexibility index (Phi) is 7.09. The summed E-state index contributed by atoms with van der Waals surface area (Å²) >= 11 is 0. The SMILES string of the molecule is Cc1ccc(C(=O)OCC(=O)c2ccc3c(c2)CCC(=O)N3)cc1S(=O)(=O)NCc1ccccc1. The van der Waals surface area contributed by atoms with E-state index in [1.807, 2.05) is 18.2 Å². The van der Waals surface area contributed by atoms with Gasteiger partial charge in [0, 0.05) is 24.2 Å². The summed E-state index contributed by atoms with van der Waals surface area (Å²) in [6, 6.07) is 18.2. The molecular formula is C26H24N2O6S. The van der Waals surface area contributed by atoms with Gasteiger partial charge >= 0.3 is 5.97 Å². The van der Waals surface area contributed by atoms with Crippen molar-refractivity contribution in [3.05, 3.63) is 94.5 Å². The van der Waals surface area contributed by atoms with Gasteiger partial charge in [-0.15, -0.1) is 0 Å². The number of esters is 1. The summed E-state index contributed by atoms with van der Waals surface area (Å²) in [4.78, 5) is 36.6. The number of benzene rings is 3. The Hall–Kier alpha value is -3.82. The second kappa shape index (κ2) is 10.2. The van der Waals surface area contributed by atoms with Gasteiger partial charge in [0.05, 0.1) is 10.5 Å². The summed E-state index contributed by atoms with van der Waals surface area (Å²) in [5.41, 5.74) is 3.18. The molecule has 0 atom stereocenters. The molecule has 0 aliphatic carbocycles. The van der Waals surface area contributed by atoms with Gasteiger partial charge in [0.2, 0.25) is 15.9 Å². The van der Waals surface area contributed by atoms with E-state index in [1.54, 1.807) is 37.3 Å². The predicted octanol–water partition coefficient (Wildman–Crippen LogP) is 3.40. The highest BCUT2D eigenvalue weighted by Gasteiger charge is 2.21. The molecule has 0 aromatic heterocycles. The Balaban J connectivity index is 1.42. The van der Waals surface area contributed by atoms with Crippen molar-refractivity contribution in [1.29, 1.82) is 0 Å². The van der Waals surface area contributed by atoms with Gasteiger partial charge in [-0.2, -0.15) is 0 Å². The van der Waals surface area contributed by atoms with Gasteiger partial charge in [-0.25, -0.2) is 17.9 Å². The summed E-state index contributed by atoms with van der Waals surface area (Å²) in [7, 11) is -3.89. The second-order valence-electron chi connectivity index (χ2n) is 8.21. The van der Waals surface area contributed by atoms with Crippen LogP contribution in [0, 0.1) is 6.92 Å². The Bertz CT molecular complexity index is 1400. The zero-order valence-corrected chi connectivity index (χ0v) is 19.9. The van der Waals surface area contributed by atoms with Gasteiger partial charge in [-0.1, -0.05) is 36.4 Å². The monoisotopic (exact) mass is 492 g/mol. The number of Topliss-reactive ketones (excluding diaryl/α,β-unsaturated/α-hetero) is 1. The molecule has 180 valence electrons. The molecule has 35 heavy (non-hydrogen) atoms. The third-order valence-corrected chi connectivity index (χ3v) is 7.22. The van der Waals surface area contributed by atoms with Crippen LogP contribution in [0.1, 0.15) is 43.8 Å². The topological polar surface area (TPSA) is 119 Å². The lowest BCUT2D eigenvalue weighted by Gasteiger charge is -2.17. The van der Waals surface area contributed by atoms with E-state index in [1.165, 1.54) is 18.2 Å². The molecule has 0 bridgehead atoms. The van der Waals surface area contributed by atoms with Gasteiger partial charge in [0.1, 0.15) is 0 Å². The Labute approximate surface area is 203 Å². The minimum absolute atomic E-state index is 0.0247. The molecule has 2 N–H and O–H groups in total. The number of carbonyl (C=O) groups excluding carboxylic acids is 3. The van der Waals surface area contributed by atoms with Crippen molar-refractivity contribution < 1.29 is 27.5 Å². The second-order valence-corrected chi connectivity index (χ2v) is 9.95. The number of fused-ring (bicyclic) bond motifs is 1. The van der Waals surface area contributed by atoms with Crippen LogP contribution >= 0.6 is 0 Å². The molecule has 1 aliphatic rings. The maximum Gasteiger partial charge on any atom is 0.338 e. The maximum absolute atomic E-state index is 12.8. The number of ether oxygens (including phenoxy) is 1. The first kappa shape index (κ1) is 24.3.